The van der Waals surface area contributed by atoms with E-state index in [1.165, 1.54) is 18.1 Å². The molecule has 1 saturated heterocycles. The van der Waals surface area contributed by atoms with Crippen LogP contribution in [-0.4, -0.2) is 29.0 Å². The van der Waals surface area contributed by atoms with Crippen molar-refractivity contribution in [3.63, 3.8) is 0 Å². The molecular weight excluding hydrogens is 478 g/mol. The van der Waals surface area contributed by atoms with Crippen molar-refractivity contribution in [2.45, 2.75) is 39.2 Å². The Morgan fingerprint density at radius 2 is 1.75 bits per heavy atom. The number of anilines is 1. The van der Waals surface area contributed by atoms with Crippen LogP contribution in [0.1, 0.15) is 49.1 Å². The lowest BCUT2D eigenvalue weighted by molar-refractivity contribution is -0.132. The van der Waals surface area contributed by atoms with Crippen LogP contribution in [0.2, 0.25) is 5.02 Å². The maximum absolute atomic E-state index is 13.4. The number of aliphatic hydroxyl groups is 1. The van der Waals surface area contributed by atoms with Gasteiger partial charge in [0.05, 0.1) is 18.7 Å². The highest BCUT2D eigenvalue weighted by Gasteiger charge is 2.47. The van der Waals surface area contributed by atoms with Gasteiger partial charge in [0, 0.05) is 16.3 Å². The second-order valence-corrected chi connectivity index (χ2v) is 10.3. The predicted octanol–water partition coefficient (Wildman–Crippen LogP) is 6.29. The number of amides is 1. The number of hydrogen-bond acceptors (Lipinski definition) is 5. The third kappa shape index (κ3) is 4.44. The Morgan fingerprint density at radius 3 is 2.36 bits per heavy atom. The first-order chi connectivity index (χ1) is 16.9. The van der Waals surface area contributed by atoms with Crippen molar-refractivity contribution >= 4 is 34.7 Å². The van der Waals surface area contributed by atoms with Crippen molar-refractivity contribution in [1.82, 2.24) is 0 Å². The molecule has 0 aromatic heterocycles. The van der Waals surface area contributed by atoms with Crippen LogP contribution in [0.15, 0.2) is 66.2 Å². The number of ether oxygens (including phenoxy) is 1. The van der Waals surface area contributed by atoms with Crippen LogP contribution in [0.25, 0.3) is 5.76 Å². The van der Waals surface area contributed by atoms with Crippen LogP contribution in [0.3, 0.4) is 0 Å². The molecule has 1 fully saturated rings. The van der Waals surface area contributed by atoms with Crippen LogP contribution in [-0.2, 0) is 15.0 Å². The van der Waals surface area contributed by atoms with Gasteiger partial charge in [-0.1, -0.05) is 56.6 Å². The first-order valence-electron chi connectivity index (χ1n) is 11.5. The number of benzene rings is 3. The van der Waals surface area contributed by atoms with Gasteiger partial charge in [0.1, 0.15) is 5.76 Å². The maximum atomic E-state index is 13.4. The minimum atomic E-state index is -1.00. The number of hydrogen-bond donors (Lipinski definition) is 2. The van der Waals surface area contributed by atoms with Crippen molar-refractivity contribution in [2.24, 2.45) is 0 Å². The number of aromatic hydroxyl groups is 1. The molecule has 7 heteroatoms. The van der Waals surface area contributed by atoms with Crippen molar-refractivity contribution in [3.05, 3.63) is 93.5 Å². The molecule has 1 heterocycles. The molecule has 1 amide bonds. The third-order valence-electron chi connectivity index (χ3n) is 6.41. The van der Waals surface area contributed by atoms with Gasteiger partial charge in [-0.2, -0.15) is 0 Å². The monoisotopic (exact) mass is 505 g/mol. The Bertz CT molecular complexity index is 1400. The lowest BCUT2D eigenvalue weighted by atomic mass is 9.84. The second-order valence-electron chi connectivity index (χ2n) is 9.86. The number of nitrogens with zero attached hydrogens (tertiary/aromatic N) is 1. The molecule has 3 aromatic carbocycles. The number of ketones is 1. The van der Waals surface area contributed by atoms with Crippen LogP contribution < -0.4 is 9.64 Å². The smallest absolute Gasteiger partial charge is 0.300 e. The summed E-state index contributed by atoms with van der Waals surface area (Å²) in [4.78, 5) is 28.1. The zero-order chi connectivity index (χ0) is 26.4. The Balaban J connectivity index is 2.00. The van der Waals surface area contributed by atoms with E-state index in [1.807, 2.05) is 25.1 Å². The molecule has 3 aromatic rings. The van der Waals surface area contributed by atoms with E-state index >= 15 is 0 Å². The summed E-state index contributed by atoms with van der Waals surface area (Å²) in [6.07, 6.45) is 0. The summed E-state index contributed by atoms with van der Waals surface area (Å²) < 4.78 is 5.16. The Kier molecular flexibility index (Phi) is 6.58. The SMILES string of the molecule is COc1ccc(C2/C(=C(\O)c3cc(C(C)(C)C)ccc3C)C(=O)C(=O)N2c2cccc(Cl)c2)cc1O. The standard InChI is InChI=1S/C29H28ClNO5/c1-16-9-11-18(29(2,3)4)14-21(16)26(33)24-25(17-10-12-23(36-5)22(32)13-17)31(28(35)27(24)34)20-8-6-7-19(30)15-20/h6-15,25,32-33H,1-5H3/b26-24+. The van der Waals surface area contributed by atoms with Gasteiger partial charge in [0.2, 0.25) is 0 Å². The molecular formula is C29H28ClNO5. The fraction of sp³-hybridized carbons (Fsp3) is 0.241. The molecule has 4 rings (SSSR count). The number of halogens is 1. The molecule has 1 atom stereocenters. The molecule has 36 heavy (non-hydrogen) atoms. The fourth-order valence-electron chi connectivity index (χ4n) is 4.41. The molecule has 0 saturated carbocycles. The molecule has 0 spiro atoms. The number of aryl methyl sites for hydroxylation is 1. The van der Waals surface area contributed by atoms with Crippen molar-refractivity contribution in [3.8, 4) is 11.5 Å². The van der Waals surface area contributed by atoms with E-state index in [9.17, 15) is 19.8 Å². The highest BCUT2D eigenvalue weighted by atomic mass is 35.5. The summed E-state index contributed by atoms with van der Waals surface area (Å²) in [7, 11) is 1.43. The minimum absolute atomic E-state index is 0.0706. The lowest BCUT2D eigenvalue weighted by Gasteiger charge is -2.26. The van der Waals surface area contributed by atoms with Crippen molar-refractivity contribution in [1.29, 1.82) is 0 Å². The summed E-state index contributed by atoms with van der Waals surface area (Å²) in [5.74, 6) is -1.82. The van der Waals surface area contributed by atoms with Crippen LogP contribution in [0.5, 0.6) is 11.5 Å². The summed E-state index contributed by atoms with van der Waals surface area (Å²) in [5, 5.41) is 22.4. The molecule has 1 unspecified atom stereocenters. The number of carbonyl (C=O) groups excluding carboxylic acids is 2. The number of carbonyl (C=O) groups is 2. The zero-order valence-corrected chi connectivity index (χ0v) is 21.6. The number of phenolic OH excluding ortho intramolecular Hbond substituents is 1. The van der Waals surface area contributed by atoms with E-state index in [-0.39, 0.29) is 28.2 Å². The summed E-state index contributed by atoms with van der Waals surface area (Å²) in [6, 6.07) is 15.9. The van der Waals surface area contributed by atoms with Crippen LogP contribution in [0.4, 0.5) is 5.69 Å². The molecule has 6 nitrogen and oxygen atoms in total. The summed E-state index contributed by atoms with van der Waals surface area (Å²) in [5.41, 5.74) is 2.75. The zero-order valence-electron chi connectivity index (χ0n) is 20.8. The van der Waals surface area contributed by atoms with Gasteiger partial charge in [0.15, 0.2) is 11.5 Å². The van der Waals surface area contributed by atoms with E-state index in [0.717, 1.165) is 11.1 Å². The van der Waals surface area contributed by atoms with Gasteiger partial charge in [-0.3, -0.25) is 14.5 Å². The predicted molar refractivity (Wildman–Crippen MR) is 141 cm³/mol. The van der Waals surface area contributed by atoms with Crippen molar-refractivity contribution in [2.75, 3.05) is 12.0 Å². The number of methoxy groups -OCH3 is 1. The second kappa shape index (κ2) is 9.36. The molecule has 1 aliphatic rings. The highest BCUT2D eigenvalue weighted by Crippen LogP contribution is 2.44. The molecule has 0 bridgehead atoms. The molecule has 186 valence electrons. The van der Waals surface area contributed by atoms with Gasteiger partial charge in [-0.15, -0.1) is 0 Å². The van der Waals surface area contributed by atoms with Gasteiger partial charge in [-0.25, -0.2) is 0 Å². The van der Waals surface area contributed by atoms with Crippen LogP contribution in [0, 0.1) is 6.92 Å². The fourth-order valence-corrected chi connectivity index (χ4v) is 4.59. The number of phenols is 1. The minimum Gasteiger partial charge on any atom is -0.507 e. The quantitative estimate of drug-likeness (QED) is 0.247. The molecule has 2 N–H and O–H groups in total. The van der Waals surface area contributed by atoms with E-state index in [0.29, 0.717) is 21.8 Å². The number of aliphatic hydroxyl groups excluding tert-OH is 1. The normalized spacial score (nSPS) is 17.5. The lowest BCUT2D eigenvalue weighted by Crippen LogP contribution is -2.29. The number of rotatable bonds is 4. The largest absolute Gasteiger partial charge is 0.507 e. The molecule has 0 radical (unpaired) electrons. The Morgan fingerprint density at radius 1 is 1.03 bits per heavy atom. The van der Waals surface area contributed by atoms with Gasteiger partial charge >= 0.3 is 0 Å². The number of Topliss-reactive ketones (excluding diaryl/α,β-unsaturated/α-hetero) is 1. The molecule has 0 aliphatic carbocycles. The highest BCUT2D eigenvalue weighted by molar-refractivity contribution is 6.51. The molecule has 1 aliphatic heterocycles. The first-order valence-corrected chi connectivity index (χ1v) is 11.9. The van der Waals surface area contributed by atoms with Crippen LogP contribution >= 0.6 is 11.6 Å². The average Bonchev–Trinajstić information content (AvgIpc) is 3.08. The van der Waals surface area contributed by atoms with Gasteiger partial charge in [-0.05, 0) is 65.4 Å². The average molecular weight is 506 g/mol. The summed E-state index contributed by atoms with van der Waals surface area (Å²) >= 11 is 6.20. The topological polar surface area (TPSA) is 87.1 Å². The third-order valence-corrected chi connectivity index (χ3v) is 6.64. The van der Waals surface area contributed by atoms with Gasteiger partial charge in [0.25, 0.3) is 11.7 Å². The maximum Gasteiger partial charge on any atom is 0.300 e. The first kappa shape index (κ1) is 25.3. The Labute approximate surface area is 215 Å². The van der Waals surface area contributed by atoms with Gasteiger partial charge < -0.3 is 14.9 Å². The summed E-state index contributed by atoms with van der Waals surface area (Å²) in [6.45, 7) is 8.00. The van der Waals surface area contributed by atoms with E-state index < -0.39 is 17.7 Å². The van der Waals surface area contributed by atoms with E-state index in [4.69, 9.17) is 16.3 Å². The van der Waals surface area contributed by atoms with Crippen molar-refractivity contribution < 1.29 is 24.5 Å². The van der Waals surface area contributed by atoms with E-state index in [1.54, 1.807) is 36.4 Å². The Hall–Kier alpha value is -3.77. The van der Waals surface area contributed by atoms with E-state index in [2.05, 4.69) is 20.8 Å².